The fourth-order valence-corrected chi connectivity index (χ4v) is 5.23. The normalized spacial score (nSPS) is 11.5. The second kappa shape index (κ2) is 8.47. The first-order valence-electron chi connectivity index (χ1n) is 6.48. The van der Waals surface area contributed by atoms with Gasteiger partial charge in [-0.05, 0) is 0 Å². The molecule has 0 saturated heterocycles. The van der Waals surface area contributed by atoms with Crippen LogP contribution in [0.3, 0.4) is 0 Å². The molecule has 0 spiro atoms. The molecule has 5 heteroatoms. The standard InChI is InChI=1S/C15H20NOSSe.HI/c1-5-12(18-4)10-15-16(6-2)13-9-11(17-3)7-8-14(13)19-15;/h7-10H,5-6H2,1-4H3;1H/q+1;/p-1. The number of benzene rings is 1. The summed E-state index contributed by atoms with van der Waals surface area (Å²) >= 11 is 2.27. The molecule has 110 valence electrons. The summed E-state index contributed by atoms with van der Waals surface area (Å²) in [6.07, 6.45) is 5.64. The Hall–Kier alpha value is 0.0295. The van der Waals surface area contributed by atoms with Gasteiger partial charge in [0.05, 0.1) is 0 Å². The number of methoxy groups -OCH3 is 1. The Bertz CT molecular complexity index is 603. The monoisotopic (exact) mass is 469 g/mol. The third-order valence-electron chi connectivity index (χ3n) is 3.15. The third-order valence-corrected chi connectivity index (χ3v) is 6.41. The number of nitrogens with zero attached hydrogens (tertiary/aromatic N) is 1. The maximum atomic E-state index is 5.34. The minimum Gasteiger partial charge on any atom is -1.00 e. The molecule has 0 saturated carbocycles. The van der Waals surface area contributed by atoms with Gasteiger partial charge in [0.1, 0.15) is 0 Å². The Labute approximate surface area is 148 Å². The van der Waals surface area contributed by atoms with Gasteiger partial charge in [0.15, 0.2) is 0 Å². The summed E-state index contributed by atoms with van der Waals surface area (Å²) in [4.78, 5) is 1.45. The summed E-state index contributed by atoms with van der Waals surface area (Å²) in [5, 5.41) is 0. The molecule has 0 bridgehead atoms. The quantitative estimate of drug-likeness (QED) is 0.357. The second-order valence-electron chi connectivity index (χ2n) is 4.19. The van der Waals surface area contributed by atoms with Gasteiger partial charge in [-0.1, -0.05) is 0 Å². The van der Waals surface area contributed by atoms with Crippen LogP contribution in [0.5, 0.6) is 5.75 Å². The number of thioether (sulfide) groups is 1. The summed E-state index contributed by atoms with van der Waals surface area (Å²) in [6.45, 7) is 5.44. The van der Waals surface area contributed by atoms with E-state index < -0.39 is 0 Å². The van der Waals surface area contributed by atoms with Crippen LogP contribution in [0.4, 0.5) is 0 Å². The van der Waals surface area contributed by atoms with Gasteiger partial charge in [-0.25, -0.2) is 0 Å². The van der Waals surface area contributed by atoms with Crippen LogP contribution in [-0.2, 0) is 6.54 Å². The summed E-state index contributed by atoms with van der Waals surface area (Å²) < 4.78 is 10.7. The molecular weight excluding hydrogens is 448 g/mol. The molecule has 2 nitrogen and oxygen atoms in total. The molecule has 0 amide bonds. The maximum absolute atomic E-state index is 5.34. The largest absolute Gasteiger partial charge is 1.00 e. The van der Waals surface area contributed by atoms with E-state index >= 15 is 0 Å². The van der Waals surface area contributed by atoms with Crippen molar-refractivity contribution in [2.45, 2.75) is 26.8 Å². The van der Waals surface area contributed by atoms with Gasteiger partial charge in [-0.2, -0.15) is 0 Å². The number of fused-ring (bicyclic) bond motifs is 1. The van der Waals surface area contributed by atoms with Crippen molar-refractivity contribution in [2.75, 3.05) is 13.4 Å². The van der Waals surface area contributed by atoms with Gasteiger partial charge >= 0.3 is 125 Å². The molecule has 0 unspecified atom stereocenters. The molecular formula is C15H20INOSSe. The smallest absolute Gasteiger partial charge is 1.00 e. The van der Waals surface area contributed by atoms with Crippen molar-refractivity contribution in [1.29, 1.82) is 0 Å². The fourth-order valence-electron chi connectivity index (χ4n) is 2.08. The molecule has 1 heterocycles. The summed E-state index contributed by atoms with van der Waals surface area (Å²) in [7, 11) is 1.73. The summed E-state index contributed by atoms with van der Waals surface area (Å²) in [6, 6.07) is 6.44. The number of aromatic nitrogens is 1. The van der Waals surface area contributed by atoms with Crippen molar-refractivity contribution >= 4 is 42.1 Å². The predicted octanol–water partition coefficient (Wildman–Crippen LogP) is 0.331. The van der Waals surface area contributed by atoms with Crippen LogP contribution in [0.25, 0.3) is 15.9 Å². The maximum Gasteiger partial charge on any atom is -1.00 e. The van der Waals surface area contributed by atoms with Crippen molar-refractivity contribution in [3.8, 4) is 5.75 Å². The van der Waals surface area contributed by atoms with E-state index in [2.05, 4.69) is 48.9 Å². The average molecular weight is 468 g/mol. The van der Waals surface area contributed by atoms with Gasteiger partial charge in [-0.15, -0.1) is 0 Å². The van der Waals surface area contributed by atoms with Gasteiger partial charge in [0, 0.05) is 0 Å². The Morgan fingerprint density at radius 3 is 2.70 bits per heavy atom. The molecule has 20 heavy (non-hydrogen) atoms. The van der Waals surface area contributed by atoms with Crippen LogP contribution in [0.1, 0.15) is 24.8 Å². The average Bonchev–Trinajstić information content (AvgIpc) is 2.80. The SMILES string of the molecule is CCC(=Cc1[se]c2ccc(OC)cc2[n+]1CC)SC.[I-]. The van der Waals surface area contributed by atoms with E-state index in [0.717, 1.165) is 18.7 Å². The van der Waals surface area contributed by atoms with E-state index in [1.807, 2.05) is 11.8 Å². The number of halogens is 1. The van der Waals surface area contributed by atoms with E-state index in [4.69, 9.17) is 4.74 Å². The molecule has 2 rings (SSSR count). The Morgan fingerprint density at radius 1 is 1.40 bits per heavy atom. The first-order valence-corrected chi connectivity index (χ1v) is 9.42. The molecule has 0 N–H and O–H groups in total. The fraction of sp³-hybridized carbons (Fsp3) is 0.400. The van der Waals surface area contributed by atoms with E-state index in [9.17, 15) is 0 Å². The van der Waals surface area contributed by atoms with Gasteiger partial charge < -0.3 is 24.0 Å². The number of hydrogen-bond donors (Lipinski definition) is 0. The third kappa shape index (κ3) is 3.81. The Morgan fingerprint density at radius 2 is 2.15 bits per heavy atom. The molecule has 0 aliphatic heterocycles. The Kier molecular flexibility index (Phi) is 7.65. The van der Waals surface area contributed by atoms with Crippen molar-refractivity contribution < 1.29 is 33.3 Å². The summed E-state index contributed by atoms with van der Waals surface area (Å²) in [5.41, 5.74) is 1.32. The Balaban J connectivity index is 0.00000200. The molecule has 0 aliphatic carbocycles. The van der Waals surface area contributed by atoms with Gasteiger partial charge in [0.25, 0.3) is 0 Å². The number of allylic oxidation sites excluding steroid dienone is 1. The molecule has 2 aromatic rings. The minimum atomic E-state index is 0. The molecule has 0 fully saturated rings. The minimum absolute atomic E-state index is 0. The van der Waals surface area contributed by atoms with Crippen molar-refractivity contribution in [3.05, 3.63) is 27.7 Å². The van der Waals surface area contributed by atoms with E-state index in [1.54, 1.807) is 7.11 Å². The zero-order valence-electron chi connectivity index (χ0n) is 12.3. The molecule has 0 aliphatic rings. The van der Waals surface area contributed by atoms with Crippen LogP contribution in [-0.4, -0.2) is 27.9 Å². The molecule has 1 aromatic heterocycles. The van der Waals surface area contributed by atoms with E-state index in [-0.39, 0.29) is 24.0 Å². The van der Waals surface area contributed by atoms with Crippen molar-refractivity contribution in [3.63, 3.8) is 0 Å². The van der Waals surface area contributed by atoms with Gasteiger partial charge in [-0.3, -0.25) is 0 Å². The topological polar surface area (TPSA) is 13.1 Å². The summed E-state index contributed by atoms with van der Waals surface area (Å²) in [5.74, 6) is 0.943. The number of hydrogen-bond acceptors (Lipinski definition) is 2. The first kappa shape index (κ1) is 18.1. The zero-order valence-corrected chi connectivity index (χ0v) is 17.0. The van der Waals surface area contributed by atoms with Crippen molar-refractivity contribution in [2.24, 2.45) is 0 Å². The number of ether oxygens (including phenoxy) is 1. The number of aryl methyl sites for hydroxylation is 1. The van der Waals surface area contributed by atoms with Crippen LogP contribution in [0, 0.1) is 0 Å². The first-order chi connectivity index (χ1) is 9.23. The molecule has 0 atom stereocenters. The van der Waals surface area contributed by atoms with E-state index in [1.165, 1.54) is 19.2 Å². The predicted molar refractivity (Wildman–Crippen MR) is 85.1 cm³/mol. The molecule has 0 radical (unpaired) electrons. The van der Waals surface area contributed by atoms with Crippen LogP contribution in [0.15, 0.2) is 23.1 Å². The van der Waals surface area contributed by atoms with Crippen LogP contribution < -0.4 is 33.3 Å². The molecule has 1 aromatic carbocycles. The second-order valence-corrected chi connectivity index (χ2v) is 7.35. The van der Waals surface area contributed by atoms with Gasteiger partial charge in [0.2, 0.25) is 0 Å². The van der Waals surface area contributed by atoms with Crippen LogP contribution in [0.2, 0.25) is 0 Å². The van der Waals surface area contributed by atoms with Crippen LogP contribution >= 0.6 is 11.8 Å². The zero-order chi connectivity index (χ0) is 13.8. The van der Waals surface area contributed by atoms with Crippen molar-refractivity contribution in [1.82, 2.24) is 0 Å². The number of rotatable bonds is 5. The van der Waals surface area contributed by atoms with E-state index in [0.29, 0.717) is 14.5 Å².